The molecule has 0 radical (unpaired) electrons. The van der Waals surface area contributed by atoms with Gasteiger partial charge in [0.25, 0.3) is 0 Å². The molecule has 1 amide bonds. The van der Waals surface area contributed by atoms with Gasteiger partial charge in [-0.2, -0.15) is 5.26 Å². The molecule has 1 aromatic carbocycles. The number of piperazine rings is 1. The summed E-state index contributed by atoms with van der Waals surface area (Å²) in [6.07, 6.45) is 0. The van der Waals surface area contributed by atoms with Gasteiger partial charge in [-0.05, 0) is 30.5 Å². The fraction of sp³-hybridized carbons (Fsp3) is 0.600. The van der Waals surface area contributed by atoms with Gasteiger partial charge in [0.15, 0.2) is 0 Å². The van der Waals surface area contributed by atoms with Crippen molar-refractivity contribution in [2.45, 2.75) is 32.9 Å². The summed E-state index contributed by atoms with van der Waals surface area (Å²) in [5, 5.41) is 12.2. The van der Waals surface area contributed by atoms with Crippen LogP contribution in [0.2, 0.25) is 0 Å². The van der Waals surface area contributed by atoms with Crippen LogP contribution in [0.4, 0.5) is 0 Å². The van der Waals surface area contributed by atoms with Crippen LogP contribution in [0, 0.1) is 17.2 Å². The standard InChI is InChI=1S/C20H30N4O2/c1-16(2)20(3,15-21)22-19(25)14-24-11-9-23(10-12-24)13-17-5-7-18(26-4)8-6-17/h5-8,16H,9-14H2,1-4H3,(H,22,25)/t20-/m1/s1. The van der Waals surface area contributed by atoms with Crippen LogP contribution in [0.1, 0.15) is 26.3 Å². The topological polar surface area (TPSA) is 68.6 Å². The second kappa shape index (κ2) is 9.02. The third kappa shape index (κ3) is 5.45. The van der Waals surface area contributed by atoms with Crippen molar-refractivity contribution in [2.75, 3.05) is 39.8 Å². The molecule has 1 fully saturated rings. The van der Waals surface area contributed by atoms with Crippen molar-refractivity contribution in [1.29, 1.82) is 5.26 Å². The van der Waals surface area contributed by atoms with Crippen LogP contribution in [0.25, 0.3) is 0 Å². The quantitative estimate of drug-likeness (QED) is 0.806. The van der Waals surface area contributed by atoms with Gasteiger partial charge in [0.05, 0.1) is 19.7 Å². The zero-order valence-corrected chi connectivity index (χ0v) is 16.3. The highest BCUT2D eigenvalue weighted by Crippen LogP contribution is 2.16. The van der Waals surface area contributed by atoms with Crippen LogP contribution in [-0.4, -0.2) is 61.1 Å². The van der Waals surface area contributed by atoms with Crippen molar-refractivity contribution in [3.05, 3.63) is 29.8 Å². The molecule has 1 aliphatic rings. The number of nitrogens with one attached hydrogen (secondary N) is 1. The first-order valence-corrected chi connectivity index (χ1v) is 9.16. The monoisotopic (exact) mass is 358 g/mol. The molecule has 0 spiro atoms. The maximum Gasteiger partial charge on any atom is 0.235 e. The minimum atomic E-state index is -0.812. The van der Waals surface area contributed by atoms with E-state index >= 15 is 0 Å². The Labute approximate surface area is 156 Å². The first-order chi connectivity index (χ1) is 12.4. The number of hydrogen-bond acceptors (Lipinski definition) is 5. The van der Waals surface area contributed by atoms with E-state index in [-0.39, 0.29) is 11.8 Å². The number of methoxy groups -OCH3 is 1. The molecule has 0 unspecified atom stereocenters. The third-order valence-electron chi connectivity index (χ3n) is 5.18. The summed E-state index contributed by atoms with van der Waals surface area (Å²) >= 11 is 0. The molecule has 0 aliphatic carbocycles. The summed E-state index contributed by atoms with van der Waals surface area (Å²) in [7, 11) is 1.67. The zero-order chi connectivity index (χ0) is 19.2. The minimum Gasteiger partial charge on any atom is -0.497 e. The highest BCUT2D eigenvalue weighted by Gasteiger charge is 2.30. The molecule has 1 N–H and O–H groups in total. The Bertz CT molecular complexity index is 630. The van der Waals surface area contributed by atoms with Crippen LogP contribution >= 0.6 is 0 Å². The van der Waals surface area contributed by atoms with E-state index in [1.165, 1.54) is 5.56 Å². The minimum absolute atomic E-state index is 0.0674. The maximum absolute atomic E-state index is 12.3. The number of nitrogens with zero attached hydrogens (tertiary/aromatic N) is 3. The van der Waals surface area contributed by atoms with E-state index in [0.29, 0.717) is 6.54 Å². The molecule has 0 bridgehead atoms. The van der Waals surface area contributed by atoms with Gasteiger partial charge < -0.3 is 10.1 Å². The third-order valence-corrected chi connectivity index (χ3v) is 5.18. The molecule has 2 rings (SSSR count). The van der Waals surface area contributed by atoms with E-state index < -0.39 is 5.54 Å². The molecule has 6 nitrogen and oxygen atoms in total. The van der Waals surface area contributed by atoms with Crippen molar-refractivity contribution in [2.24, 2.45) is 5.92 Å². The molecule has 1 aromatic rings. The van der Waals surface area contributed by atoms with E-state index in [1.54, 1.807) is 14.0 Å². The normalized spacial score (nSPS) is 18.2. The van der Waals surface area contributed by atoms with Crippen molar-refractivity contribution < 1.29 is 9.53 Å². The number of ether oxygens (including phenoxy) is 1. The predicted molar refractivity (Wildman–Crippen MR) is 102 cm³/mol. The molecule has 1 aliphatic heterocycles. The van der Waals surface area contributed by atoms with Gasteiger partial charge in [-0.1, -0.05) is 26.0 Å². The van der Waals surface area contributed by atoms with E-state index in [9.17, 15) is 10.1 Å². The summed E-state index contributed by atoms with van der Waals surface area (Å²) in [4.78, 5) is 16.8. The molecule has 1 saturated heterocycles. The van der Waals surface area contributed by atoms with E-state index in [1.807, 2.05) is 26.0 Å². The average molecular weight is 358 g/mol. The lowest BCUT2D eigenvalue weighted by molar-refractivity contribution is -0.124. The Morgan fingerprint density at radius 3 is 2.31 bits per heavy atom. The van der Waals surface area contributed by atoms with Crippen LogP contribution < -0.4 is 10.1 Å². The Kier molecular flexibility index (Phi) is 7.01. The maximum atomic E-state index is 12.3. The molecule has 6 heteroatoms. The summed E-state index contributed by atoms with van der Waals surface area (Å²) in [5.41, 5.74) is 0.450. The average Bonchev–Trinajstić information content (AvgIpc) is 2.63. The molecule has 142 valence electrons. The van der Waals surface area contributed by atoms with E-state index in [2.05, 4.69) is 33.3 Å². The molecule has 1 atom stereocenters. The van der Waals surface area contributed by atoms with Gasteiger partial charge in [-0.15, -0.1) is 0 Å². The summed E-state index contributed by atoms with van der Waals surface area (Å²) in [6.45, 7) is 10.5. The summed E-state index contributed by atoms with van der Waals surface area (Å²) in [6, 6.07) is 10.4. The largest absolute Gasteiger partial charge is 0.497 e. The van der Waals surface area contributed by atoms with Gasteiger partial charge >= 0.3 is 0 Å². The Balaban J connectivity index is 1.77. The number of benzene rings is 1. The number of amides is 1. The lowest BCUT2D eigenvalue weighted by atomic mass is 9.90. The number of carbonyl (C=O) groups excluding carboxylic acids is 1. The SMILES string of the molecule is COc1ccc(CN2CCN(CC(=O)N[C@](C)(C#N)C(C)C)CC2)cc1. The van der Waals surface area contributed by atoms with E-state index in [4.69, 9.17) is 4.74 Å². The van der Waals surface area contributed by atoms with Crippen molar-refractivity contribution in [1.82, 2.24) is 15.1 Å². The summed E-state index contributed by atoms with van der Waals surface area (Å²) in [5.74, 6) is 0.861. The van der Waals surface area contributed by atoms with Crippen LogP contribution in [0.3, 0.4) is 0 Å². The first-order valence-electron chi connectivity index (χ1n) is 9.16. The van der Waals surface area contributed by atoms with Gasteiger partial charge in [0.1, 0.15) is 11.3 Å². The second-order valence-electron chi connectivity index (χ2n) is 7.42. The van der Waals surface area contributed by atoms with Crippen molar-refractivity contribution in [3.63, 3.8) is 0 Å². The predicted octanol–water partition coefficient (Wildman–Crippen LogP) is 1.87. The fourth-order valence-electron chi connectivity index (χ4n) is 2.93. The number of carbonyl (C=O) groups is 1. The van der Waals surface area contributed by atoms with Gasteiger partial charge in [0, 0.05) is 32.7 Å². The van der Waals surface area contributed by atoms with Crippen LogP contribution in [-0.2, 0) is 11.3 Å². The van der Waals surface area contributed by atoms with Crippen molar-refractivity contribution >= 4 is 5.91 Å². The molecule has 26 heavy (non-hydrogen) atoms. The Hall–Kier alpha value is -2.10. The zero-order valence-electron chi connectivity index (χ0n) is 16.3. The van der Waals surface area contributed by atoms with E-state index in [0.717, 1.165) is 38.5 Å². The molecular formula is C20H30N4O2. The van der Waals surface area contributed by atoms with Crippen molar-refractivity contribution in [3.8, 4) is 11.8 Å². The fourth-order valence-corrected chi connectivity index (χ4v) is 2.93. The van der Waals surface area contributed by atoms with Gasteiger partial charge in [-0.25, -0.2) is 0 Å². The lowest BCUT2D eigenvalue weighted by Crippen LogP contribution is -2.54. The number of hydrogen-bond donors (Lipinski definition) is 1. The first kappa shape index (κ1) is 20.2. The van der Waals surface area contributed by atoms with Gasteiger partial charge in [-0.3, -0.25) is 14.6 Å². The number of rotatable bonds is 7. The van der Waals surface area contributed by atoms with Gasteiger partial charge in [0.2, 0.25) is 5.91 Å². The number of nitriles is 1. The molecule has 1 heterocycles. The highest BCUT2D eigenvalue weighted by atomic mass is 16.5. The highest BCUT2D eigenvalue weighted by molar-refractivity contribution is 5.79. The Morgan fingerprint density at radius 1 is 1.23 bits per heavy atom. The Morgan fingerprint density at radius 2 is 1.81 bits per heavy atom. The molecule has 0 saturated carbocycles. The molecule has 0 aromatic heterocycles. The van der Waals surface area contributed by atoms with Crippen LogP contribution in [0.15, 0.2) is 24.3 Å². The summed E-state index contributed by atoms with van der Waals surface area (Å²) < 4.78 is 5.19. The van der Waals surface area contributed by atoms with Crippen LogP contribution in [0.5, 0.6) is 5.75 Å². The molecular weight excluding hydrogens is 328 g/mol. The smallest absolute Gasteiger partial charge is 0.235 e. The second-order valence-corrected chi connectivity index (χ2v) is 7.42. The lowest BCUT2D eigenvalue weighted by Gasteiger charge is -2.35.